The van der Waals surface area contributed by atoms with Crippen LogP contribution in [0, 0.1) is 0 Å². The van der Waals surface area contributed by atoms with E-state index < -0.39 is 0 Å². The van der Waals surface area contributed by atoms with E-state index in [1.54, 1.807) is 12.1 Å². The smallest absolute Gasteiger partial charge is 0.267 e. The summed E-state index contributed by atoms with van der Waals surface area (Å²) in [6.07, 6.45) is 4.57. The summed E-state index contributed by atoms with van der Waals surface area (Å²) in [6.45, 7) is 0.664. The van der Waals surface area contributed by atoms with Crippen molar-refractivity contribution >= 4 is 28.5 Å². The third-order valence-electron chi connectivity index (χ3n) is 2.36. The largest absolute Gasteiger partial charge is 0.351 e. The van der Waals surface area contributed by atoms with Gasteiger partial charge in [-0.15, -0.1) is 0 Å². The Morgan fingerprint density at radius 1 is 1.24 bits per heavy atom. The second-order valence-electron chi connectivity index (χ2n) is 3.79. The molecule has 0 saturated carbocycles. The van der Waals surface area contributed by atoms with Crippen molar-refractivity contribution < 1.29 is 4.79 Å². The summed E-state index contributed by atoms with van der Waals surface area (Å²) < 4.78 is 1.19. The monoisotopic (exact) mass is 348 g/mol. The average molecular weight is 348 g/mol. The first-order chi connectivity index (χ1) is 8.24. The molecule has 0 aliphatic rings. The maximum Gasteiger partial charge on any atom is 0.267 e. The van der Waals surface area contributed by atoms with E-state index in [1.165, 1.54) is 23.3 Å². The molecule has 1 aromatic heterocycles. The molecule has 0 fully saturated rings. The zero-order valence-corrected chi connectivity index (χ0v) is 11.8. The first-order valence-electron chi connectivity index (χ1n) is 5.77. The van der Waals surface area contributed by atoms with E-state index in [-0.39, 0.29) is 11.5 Å². The maximum absolute atomic E-state index is 11.6. The first-order valence-corrected chi connectivity index (χ1v) is 7.30. The van der Waals surface area contributed by atoms with Gasteiger partial charge in [0.25, 0.3) is 5.91 Å². The number of carbonyl (C=O) groups excluding carboxylic acids is 1. The Bertz CT molecular complexity index is 403. The normalized spacial score (nSPS) is 10.2. The molecule has 0 radical (unpaired) electrons. The standard InChI is InChI=1S/C12H17IN2O2/c13-8-3-1-2-4-9-14-12(17)10-6-5-7-11(16)15-10/h5-7H,1-4,8-9H2,(H,14,17)(H,15,16). The lowest BCUT2D eigenvalue weighted by Crippen LogP contribution is -2.27. The number of amides is 1. The third kappa shape index (κ3) is 5.86. The topological polar surface area (TPSA) is 62.0 Å². The van der Waals surface area contributed by atoms with Crippen LogP contribution in [0.25, 0.3) is 0 Å². The molecule has 2 N–H and O–H groups in total. The SMILES string of the molecule is O=C(NCCCCCCI)c1cccc(=O)[nH]1. The Kier molecular flexibility index (Phi) is 6.91. The summed E-state index contributed by atoms with van der Waals surface area (Å²) in [5, 5.41) is 2.79. The molecule has 94 valence electrons. The minimum Gasteiger partial charge on any atom is -0.351 e. The van der Waals surface area contributed by atoms with E-state index in [1.807, 2.05) is 0 Å². The molecule has 0 atom stereocenters. The van der Waals surface area contributed by atoms with Crippen LogP contribution in [0.5, 0.6) is 0 Å². The van der Waals surface area contributed by atoms with Gasteiger partial charge in [-0.3, -0.25) is 9.59 Å². The van der Waals surface area contributed by atoms with Gasteiger partial charge in [-0.05, 0) is 23.3 Å². The molecule has 0 aliphatic heterocycles. The minimum atomic E-state index is -0.250. The second-order valence-corrected chi connectivity index (χ2v) is 4.87. The zero-order chi connectivity index (χ0) is 12.5. The highest BCUT2D eigenvalue weighted by Crippen LogP contribution is 2.01. The minimum absolute atomic E-state index is 0.211. The molecule has 0 spiro atoms. The second kappa shape index (κ2) is 8.27. The van der Waals surface area contributed by atoms with Gasteiger partial charge in [0, 0.05) is 12.6 Å². The van der Waals surface area contributed by atoms with Crippen molar-refractivity contribution in [3.05, 3.63) is 34.2 Å². The van der Waals surface area contributed by atoms with Crippen LogP contribution in [0.2, 0.25) is 0 Å². The fourth-order valence-electron chi connectivity index (χ4n) is 1.45. The lowest BCUT2D eigenvalue weighted by molar-refractivity contribution is 0.0947. The summed E-state index contributed by atoms with van der Waals surface area (Å²) in [7, 11) is 0. The summed E-state index contributed by atoms with van der Waals surface area (Å²) in [6, 6.07) is 4.57. The van der Waals surface area contributed by atoms with E-state index in [4.69, 9.17) is 0 Å². The molecule has 1 heterocycles. The molecule has 1 aromatic rings. The van der Waals surface area contributed by atoms with Gasteiger partial charge in [-0.1, -0.05) is 41.5 Å². The number of rotatable bonds is 7. The summed E-state index contributed by atoms with van der Waals surface area (Å²) in [5.74, 6) is -0.211. The highest BCUT2D eigenvalue weighted by atomic mass is 127. The first kappa shape index (κ1) is 14.2. The summed E-state index contributed by atoms with van der Waals surface area (Å²) >= 11 is 2.37. The number of halogens is 1. The highest BCUT2D eigenvalue weighted by Gasteiger charge is 2.04. The van der Waals surface area contributed by atoms with Crippen LogP contribution in [0.3, 0.4) is 0 Å². The van der Waals surface area contributed by atoms with Crippen LogP contribution in [-0.2, 0) is 0 Å². The van der Waals surface area contributed by atoms with Gasteiger partial charge >= 0.3 is 0 Å². The number of hydrogen-bond donors (Lipinski definition) is 2. The van der Waals surface area contributed by atoms with Crippen LogP contribution < -0.4 is 10.9 Å². The van der Waals surface area contributed by atoms with Crippen molar-refractivity contribution in [2.45, 2.75) is 25.7 Å². The average Bonchev–Trinajstić information content (AvgIpc) is 2.33. The van der Waals surface area contributed by atoms with E-state index in [9.17, 15) is 9.59 Å². The molecule has 1 rings (SSSR count). The Morgan fingerprint density at radius 2 is 2.00 bits per heavy atom. The lowest BCUT2D eigenvalue weighted by Gasteiger charge is -2.04. The van der Waals surface area contributed by atoms with Gasteiger partial charge in [-0.2, -0.15) is 0 Å². The number of nitrogens with one attached hydrogen (secondary N) is 2. The van der Waals surface area contributed by atoms with Gasteiger partial charge in [-0.25, -0.2) is 0 Å². The lowest BCUT2D eigenvalue weighted by atomic mass is 10.2. The van der Waals surface area contributed by atoms with Crippen molar-refractivity contribution in [1.29, 1.82) is 0 Å². The van der Waals surface area contributed by atoms with Crippen molar-refractivity contribution in [2.75, 3.05) is 11.0 Å². The Labute approximate surface area is 114 Å². The van der Waals surface area contributed by atoms with E-state index >= 15 is 0 Å². The number of pyridine rings is 1. The molecule has 0 bridgehead atoms. The van der Waals surface area contributed by atoms with Crippen molar-refractivity contribution in [1.82, 2.24) is 10.3 Å². The number of H-pyrrole nitrogens is 1. The molecular weight excluding hydrogens is 331 g/mol. The number of aromatic amines is 1. The quantitative estimate of drug-likeness (QED) is 0.450. The fourth-order valence-corrected chi connectivity index (χ4v) is 1.99. The Morgan fingerprint density at radius 3 is 2.71 bits per heavy atom. The molecular formula is C12H17IN2O2. The van der Waals surface area contributed by atoms with E-state index in [2.05, 4.69) is 32.9 Å². The maximum atomic E-state index is 11.6. The highest BCUT2D eigenvalue weighted by molar-refractivity contribution is 14.1. The van der Waals surface area contributed by atoms with Crippen molar-refractivity contribution in [3.8, 4) is 0 Å². The molecule has 1 amide bonds. The van der Waals surface area contributed by atoms with E-state index in [0.717, 1.165) is 12.8 Å². The Balaban J connectivity index is 2.24. The van der Waals surface area contributed by atoms with Crippen LogP contribution in [0.15, 0.2) is 23.0 Å². The Hall–Kier alpha value is -0.850. The van der Waals surface area contributed by atoms with E-state index in [0.29, 0.717) is 12.2 Å². The number of aromatic nitrogens is 1. The molecule has 0 unspecified atom stereocenters. The third-order valence-corrected chi connectivity index (χ3v) is 3.12. The molecule has 0 saturated heterocycles. The van der Waals surface area contributed by atoms with Crippen LogP contribution in [-0.4, -0.2) is 21.9 Å². The number of carbonyl (C=O) groups is 1. The fraction of sp³-hybridized carbons (Fsp3) is 0.500. The van der Waals surface area contributed by atoms with Crippen LogP contribution >= 0.6 is 22.6 Å². The molecule has 5 heteroatoms. The van der Waals surface area contributed by atoms with Gasteiger partial charge in [0.2, 0.25) is 5.56 Å². The van der Waals surface area contributed by atoms with Gasteiger partial charge < -0.3 is 10.3 Å². The molecule has 0 aliphatic carbocycles. The number of alkyl halides is 1. The molecule has 4 nitrogen and oxygen atoms in total. The van der Waals surface area contributed by atoms with Crippen LogP contribution in [0.1, 0.15) is 36.2 Å². The summed E-state index contributed by atoms with van der Waals surface area (Å²) in [4.78, 5) is 25.1. The van der Waals surface area contributed by atoms with Gasteiger partial charge in [0.05, 0.1) is 0 Å². The van der Waals surface area contributed by atoms with Gasteiger partial charge in [0.1, 0.15) is 5.69 Å². The zero-order valence-electron chi connectivity index (χ0n) is 9.67. The number of hydrogen-bond acceptors (Lipinski definition) is 2. The molecule has 17 heavy (non-hydrogen) atoms. The predicted octanol–water partition coefficient (Wildman–Crippen LogP) is 2.10. The van der Waals surface area contributed by atoms with Crippen molar-refractivity contribution in [2.24, 2.45) is 0 Å². The number of unbranched alkanes of at least 4 members (excludes halogenated alkanes) is 3. The molecule has 0 aromatic carbocycles. The van der Waals surface area contributed by atoms with Crippen molar-refractivity contribution in [3.63, 3.8) is 0 Å². The summed E-state index contributed by atoms with van der Waals surface area (Å²) in [5.41, 5.74) is 0.0736. The van der Waals surface area contributed by atoms with Gasteiger partial charge in [0.15, 0.2) is 0 Å². The van der Waals surface area contributed by atoms with Crippen LogP contribution in [0.4, 0.5) is 0 Å². The predicted molar refractivity (Wildman–Crippen MR) is 76.8 cm³/mol.